The summed E-state index contributed by atoms with van der Waals surface area (Å²) >= 11 is 0. The van der Waals surface area contributed by atoms with Crippen LogP contribution >= 0.6 is 0 Å². The van der Waals surface area contributed by atoms with Gasteiger partial charge in [0.15, 0.2) is 0 Å². The van der Waals surface area contributed by atoms with Gasteiger partial charge in [0.2, 0.25) is 11.8 Å². The molecule has 18 heteroatoms. The van der Waals surface area contributed by atoms with Gasteiger partial charge in [-0.15, -0.1) is 0 Å². The monoisotopic (exact) mass is 754 g/mol. The topological polar surface area (TPSA) is 130 Å². The molecule has 12 nitrogen and oxygen atoms in total. The molecule has 1 saturated heterocycles. The first-order chi connectivity index (χ1) is 24.9. The second kappa shape index (κ2) is 15.6. The van der Waals surface area contributed by atoms with E-state index in [9.17, 15) is 41.0 Å². The zero-order valence-electron chi connectivity index (χ0n) is 29.5. The molecule has 0 spiro atoms. The minimum atomic E-state index is -5.07. The summed E-state index contributed by atoms with van der Waals surface area (Å²) in [5.74, 6) is -0.941. The number of aromatic nitrogens is 3. The van der Waals surface area contributed by atoms with Gasteiger partial charge in [-0.3, -0.25) is 9.69 Å². The average Bonchev–Trinajstić information content (AvgIpc) is 3.12. The van der Waals surface area contributed by atoms with E-state index in [0.29, 0.717) is 50.5 Å². The molecule has 1 aromatic carbocycles. The molecule has 1 fully saturated rings. The predicted molar refractivity (Wildman–Crippen MR) is 180 cm³/mol. The largest absolute Gasteiger partial charge is 0.481 e. The molecule has 0 bridgehead atoms. The number of benzene rings is 1. The van der Waals surface area contributed by atoms with Gasteiger partial charge in [-0.25, -0.2) is 19.7 Å². The standard InChI is InChI=1S/C35H40F6N6O6/c1-5-24-17-27(29-26(6-7-28(44-29)51-4)47(24)32(50)53-11-8-33(2,3)30(48)49)46(31-42-18-25(19-43-31)45-9-12-52-13-10-45)20-21-14-22(34(36,37)38)16-23(15-21)35(39,40)41/h6-7,14-16,18-19,24,27H,5,8-13,17,20H2,1-4H3,(H,48,49)/t24-,27+/m1/s1. The van der Waals surface area contributed by atoms with E-state index in [1.54, 1.807) is 13.0 Å². The van der Waals surface area contributed by atoms with Crippen molar-refractivity contribution >= 4 is 29.4 Å². The number of hydrogen-bond donors (Lipinski definition) is 1. The number of fused-ring (bicyclic) bond motifs is 1. The number of hydrogen-bond acceptors (Lipinski definition) is 10. The first-order valence-electron chi connectivity index (χ1n) is 16.9. The third-order valence-corrected chi connectivity index (χ3v) is 9.36. The highest BCUT2D eigenvalue weighted by molar-refractivity contribution is 5.90. The van der Waals surface area contributed by atoms with Crippen LogP contribution in [0.1, 0.15) is 68.5 Å². The van der Waals surface area contributed by atoms with Crippen LogP contribution in [0.3, 0.4) is 0 Å². The Morgan fingerprint density at radius 2 is 1.62 bits per heavy atom. The highest BCUT2D eigenvalue weighted by Gasteiger charge is 2.42. The number of nitrogens with zero attached hydrogens (tertiary/aromatic N) is 6. The lowest BCUT2D eigenvalue weighted by Gasteiger charge is -2.43. The van der Waals surface area contributed by atoms with Gasteiger partial charge in [0, 0.05) is 31.7 Å². The Morgan fingerprint density at radius 1 is 1.00 bits per heavy atom. The summed E-state index contributed by atoms with van der Waals surface area (Å²) in [7, 11) is 1.37. The fourth-order valence-electron chi connectivity index (χ4n) is 6.20. The van der Waals surface area contributed by atoms with Crippen molar-refractivity contribution in [1.29, 1.82) is 0 Å². The normalized spacial score (nSPS) is 18.0. The highest BCUT2D eigenvalue weighted by atomic mass is 19.4. The number of carbonyl (C=O) groups excluding carboxylic acids is 1. The number of amides is 1. The molecular formula is C35H40F6N6O6. The number of anilines is 3. The van der Waals surface area contributed by atoms with Gasteiger partial charge < -0.3 is 29.1 Å². The van der Waals surface area contributed by atoms with Gasteiger partial charge >= 0.3 is 24.4 Å². The Hall–Kier alpha value is -4.87. The third kappa shape index (κ3) is 9.03. The van der Waals surface area contributed by atoms with Crippen molar-refractivity contribution < 1.29 is 55.2 Å². The van der Waals surface area contributed by atoms with E-state index < -0.39 is 59.6 Å². The molecule has 288 valence electrons. The third-order valence-electron chi connectivity index (χ3n) is 9.36. The molecule has 0 radical (unpaired) electrons. The molecule has 1 amide bonds. The van der Waals surface area contributed by atoms with Crippen LogP contribution in [-0.2, 0) is 33.2 Å². The number of carbonyl (C=O) groups is 2. The lowest BCUT2D eigenvalue weighted by atomic mass is 9.90. The maximum atomic E-state index is 13.9. The van der Waals surface area contributed by atoms with E-state index in [1.165, 1.54) is 49.2 Å². The average molecular weight is 755 g/mol. The number of carboxylic acid groups (broad SMARTS) is 1. The molecule has 0 unspecified atom stereocenters. The molecule has 2 atom stereocenters. The number of alkyl halides is 6. The van der Waals surface area contributed by atoms with Crippen molar-refractivity contribution in [3.05, 3.63) is 65.1 Å². The van der Waals surface area contributed by atoms with Crippen LogP contribution in [0.2, 0.25) is 0 Å². The van der Waals surface area contributed by atoms with Gasteiger partial charge in [0.05, 0.1) is 79.0 Å². The second-order valence-corrected chi connectivity index (χ2v) is 13.4. The number of morpholine rings is 1. The van der Waals surface area contributed by atoms with Crippen LogP contribution in [0.4, 0.5) is 48.5 Å². The smallest absolute Gasteiger partial charge is 0.416 e. The van der Waals surface area contributed by atoms with E-state index in [4.69, 9.17) is 14.2 Å². The SMILES string of the molecule is CC[C@@H]1C[C@H](N(Cc2cc(C(F)(F)F)cc(C(F)(F)F)c2)c2ncc(N3CCOCC3)cn2)c2nc(OC)ccc2N1C(=O)OCCC(C)(C)C(=O)O. The zero-order chi connectivity index (χ0) is 38.7. The van der Waals surface area contributed by atoms with Gasteiger partial charge in [0.1, 0.15) is 0 Å². The van der Waals surface area contributed by atoms with Crippen LogP contribution in [0, 0.1) is 5.41 Å². The minimum Gasteiger partial charge on any atom is -0.481 e. The van der Waals surface area contributed by atoms with Crippen molar-refractivity contribution in [1.82, 2.24) is 15.0 Å². The summed E-state index contributed by atoms with van der Waals surface area (Å²) in [6, 6.07) is 2.95. The van der Waals surface area contributed by atoms with Crippen molar-refractivity contribution in [3.8, 4) is 5.88 Å². The van der Waals surface area contributed by atoms with Gasteiger partial charge in [-0.2, -0.15) is 26.3 Å². The Kier molecular flexibility index (Phi) is 11.6. The number of pyridine rings is 1. The van der Waals surface area contributed by atoms with Crippen LogP contribution in [0.5, 0.6) is 5.88 Å². The first kappa shape index (κ1) is 39.3. The maximum absolute atomic E-state index is 13.9. The molecule has 1 N–H and O–H groups in total. The molecule has 0 saturated carbocycles. The number of carboxylic acids is 1. The minimum absolute atomic E-state index is 0.00432. The Balaban J connectivity index is 1.60. The number of ether oxygens (including phenoxy) is 3. The van der Waals surface area contributed by atoms with Crippen LogP contribution in [-0.4, -0.2) is 78.2 Å². The van der Waals surface area contributed by atoms with Crippen LogP contribution < -0.4 is 19.4 Å². The van der Waals surface area contributed by atoms with Gasteiger partial charge in [-0.1, -0.05) is 6.92 Å². The quantitative estimate of drug-likeness (QED) is 0.201. The highest BCUT2D eigenvalue weighted by Crippen LogP contribution is 2.44. The molecule has 3 aromatic rings. The summed E-state index contributed by atoms with van der Waals surface area (Å²) in [6.45, 7) is 6.18. The summed E-state index contributed by atoms with van der Waals surface area (Å²) in [5, 5.41) is 9.48. The Labute approximate surface area is 301 Å². The molecule has 2 aliphatic rings. The summed E-state index contributed by atoms with van der Waals surface area (Å²) < 4.78 is 100.0. The van der Waals surface area contributed by atoms with E-state index >= 15 is 0 Å². The second-order valence-electron chi connectivity index (χ2n) is 13.4. The lowest BCUT2D eigenvalue weighted by Crippen LogP contribution is -2.48. The van der Waals surface area contributed by atoms with Gasteiger partial charge in [-0.05, 0) is 62.9 Å². The van der Waals surface area contributed by atoms with Crippen molar-refractivity contribution in [2.45, 2.75) is 71.0 Å². The number of rotatable bonds is 11. The molecular weight excluding hydrogens is 714 g/mol. The fraction of sp³-hybridized carbons (Fsp3) is 0.514. The fourth-order valence-corrected chi connectivity index (χ4v) is 6.20. The molecule has 2 aliphatic heterocycles. The van der Waals surface area contributed by atoms with Crippen LogP contribution in [0.25, 0.3) is 0 Å². The lowest BCUT2D eigenvalue weighted by molar-refractivity contribution is -0.148. The van der Waals surface area contributed by atoms with Crippen LogP contribution in [0.15, 0.2) is 42.7 Å². The molecule has 53 heavy (non-hydrogen) atoms. The van der Waals surface area contributed by atoms with Crippen molar-refractivity contribution in [2.24, 2.45) is 5.41 Å². The molecule has 5 rings (SSSR count). The molecule has 4 heterocycles. The summed E-state index contributed by atoms with van der Waals surface area (Å²) in [6.07, 6.45) is -7.42. The van der Waals surface area contributed by atoms with Crippen molar-refractivity contribution in [3.63, 3.8) is 0 Å². The van der Waals surface area contributed by atoms with Crippen molar-refractivity contribution in [2.75, 3.05) is 54.7 Å². The summed E-state index contributed by atoms with van der Waals surface area (Å²) in [4.78, 5) is 43.8. The molecule has 2 aromatic heterocycles. The molecule has 0 aliphatic carbocycles. The van der Waals surface area contributed by atoms with E-state index in [-0.39, 0.29) is 54.3 Å². The van der Waals surface area contributed by atoms with E-state index in [0.717, 1.165) is 0 Å². The number of aliphatic carboxylic acids is 1. The predicted octanol–water partition coefficient (Wildman–Crippen LogP) is 7.13. The maximum Gasteiger partial charge on any atom is 0.416 e. The van der Waals surface area contributed by atoms with E-state index in [2.05, 4.69) is 15.0 Å². The van der Waals surface area contributed by atoms with Gasteiger partial charge in [0.25, 0.3) is 0 Å². The number of halogens is 6. The van der Waals surface area contributed by atoms with E-state index in [1.807, 2.05) is 4.90 Å². The Morgan fingerprint density at radius 3 is 2.17 bits per heavy atom. The number of methoxy groups -OCH3 is 1. The zero-order valence-corrected chi connectivity index (χ0v) is 29.5. The Bertz CT molecular complexity index is 1740. The summed E-state index contributed by atoms with van der Waals surface area (Å²) in [5.41, 5.74) is -3.31. The first-order valence-corrected chi connectivity index (χ1v) is 16.9.